The number of carbonyl (C=O) groups is 4. The second kappa shape index (κ2) is 11.0. The van der Waals surface area contributed by atoms with Crippen LogP contribution in [0.3, 0.4) is 0 Å². The first kappa shape index (κ1) is 25.2. The third kappa shape index (κ3) is 7.86. The Labute approximate surface area is 188 Å². The first-order valence-electron chi connectivity index (χ1n) is 10.8. The van der Waals surface area contributed by atoms with Gasteiger partial charge in [0.2, 0.25) is 11.8 Å². The van der Waals surface area contributed by atoms with E-state index in [0.29, 0.717) is 25.9 Å². The highest BCUT2D eigenvalue weighted by atomic mass is 16.6. The minimum Gasteiger partial charge on any atom is -0.480 e. The lowest BCUT2D eigenvalue weighted by Gasteiger charge is -2.33. The number of aliphatic carboxylic acids is 1. The standard InChI is InChI=1S/C23H33N3O6/c1-15(24-22(31)32-23(2,3)4)20(28)26-12-10-17(11-13-26)19(27)25-18(21(29)30)14-16-8-6-5-7-9-16/h5-9,15,17-18H,10-14H2,1-4H3,(H,24,31)(H,25,27)(H,29,30). The van der Waals surface area contributed by atoms with E-state index >= 15 is 0 Å². The Morgan fingerprint density at radius 1 is 1.09 bits per heavy atom. The van der Waals surface area contributed by atoms with Gasteiger partial charge in [0.25, 0.3) is 0 Å². The zero-order chi connectivity index (χ0) is 23.9. The van der Waals surface area contributed by atoms with E-state index in [1.165, 1.54) is 0 Å². The smallest absolute Gasteiger partial charge is 0.408 e. The molecule has 0 radical (unpaired) electrons. The summed E-state index contributed by atoms with van der Waals surface area (Å²) in [6, 6.07) is 7.36. The lowest BCUT2D eigenvalue weighted by Crippen LogP contribution is -2.52. The summed E-state index contributed by atoms with van der Waals surface area (Å²) in [5, 5.41) is 14.7. The number of piperidine rings is 1. The molecule has 0 saturated carbocycles. The van der Waals surface area contributed by atoms with Crippen molar-refractivity contribution in [2.45, 2.75) is 64.6 Å². The van der Waals surface area contributed by atoms with Crippen molar-refractivity contribution in [1.29, 1.82) is 0 Å². The fraction of sp³-hybridized carbons (Fsp3) is 0.565. The molecule has 32 heavy (non-hydrogen) atoms. The summed E-state index contributed by atoms with van der Waals surface area (Å²) in [7, 11) is 0. The Hall–Kier alpha value is -3.10. The van der Waals surface area contributed by atoms with Crippen LogP contribution in [0, 0.1) is 5.92 Å². The first-order valence-corrected chi connectivity index (χ1v) is 10.8. The molecule has 1 saturated heterocycles. The van der Waals surface area contributed by atoms with Crippen molar-refractivity contribution in [3.63, 3.8) is 0 Å². The number of carboxylic acids is 1. The number of nitrogens with one attached hydrogen (secondary N) is 2. The molecule has 2 atom stereocenters. The van der Waals surface area contributed by atoms with Crippen molar-refractivity contribution in [3.05, 3.63) is 35.9 Å². The zero-order valence-electron chi connectivity index (χ0n) is 19.1. The predicted molar refractivity (Wildman–Crippen MR) is 118 cm³/mol. The van der Waals surface area contributed by atoms with Crippen molar-refractivity contribution in [2.24, 2.45) is 5.92 Å². The number of ether oxygens (including phenoxy) is 1. The lowest BCUT2D eigenvalue weighted by molar-refractivity contribution is -0.143. The van der Waals surface area contributed by atoms with Gasteiger partial charge in [-0.1, -0.05) is 30.3 Å². The van der Waals surface area contributed by atoms with Crippen LogP contribution in [0.25, 0.3) is 0 Å². The number of alkyl carbamates (subject to hydrolysis) is 1. The van der Waals surface area contributed by atoms with E-state index in [-0.39, 0.29) is 24.2 Å². The molecule has 2 rings (SSSR count). The summed E-state index contributed by atoms with van der Waals surface area (Å²) in [6.07, 6.45) is 0.390. The van der Waals surface area contributed by atoms with Crippen LogP contribution >= 0.6 is 0 Å². The summed E-state index contributed by atoms with van der Waals surface area (Å²) in [5.74, 6) is -2.02. The van der Waals surface area contributed by atoms with Crippen LogP contribution in [-0.2, 0) is 25.5 Å². The van der Waals surface area contributed by atoms with Gasteiger partial charge in [0, 0.05) is 25.4 Å². The van der Waals surface area contributed by atoms with E-state index in [0.717, 1.165) is 5.56 Å². The van der Waals surface area contributed by atoms with Crippen molar-refractivity contribution >= 4 is 23.9 Å². The number of benzene rings is 1. The van der Waals surface area contributed by atoms with E-state index < -0.39 is 29.7 Å². The molecule has 176 valence electrons. The van der Waals surface area contributed by atoms with Crippen LogP contribution in [0.5, 0.6) is 0 Å². The molecule has 1 heterocycles. The Kier molecular flexibility index (Phi) is 8.63. The highest BCUT2D eigenvalue weighted by molar-refractivity contribution is 5.87. The van der Waals surface area contributed by atoms with E-state index in [1.807, 2.05) is 30.3 Å². The number of carbonyl (C=O) groups excluding carboxylic acids is 3. The average molecular weight is 448 g/mol. The summed E-state index contributed by atoms with van der Waals surface area (Å²) in [4.78, 5) is 50.3. The van der Waals surface area contributed by atoms with Crippen molar-refractivity contribution < 1.29 is 29.0 Å². The number of hydrogen-bond acceptors (Lipinski definition) is 5. The fourth-order valence-corrected chi connectivity index (χ4v) is 3.52. The Morgan fingerprint density at radius 2 is 1.69 bits per heavy atom. The molecule has 9 nitrogen and oxygen atoms in total. The molecule has 1 aliphatic rings. The quantitative estimate of drug-likeness (QED) is 0.587. The van der Waals surface area contributed by atoms with Crippen molar-refractivity contribution in [3.8, 4) is 0 Å². The summed E-state index contributed by atoms with van der Waals surface area (Å²) >= 11 is 0. The highest BCUT2D eigenvalue weighted by Crippen LogP contribution is 2.19. The minimum atomic E-state index is -1.09. The van der Waals surface area contributed by atoms with Crippen LogP contribution in [0.4, 0.5) is 4.79 Å². The van der Waals surface area contributed by atoms with Crippen molar-refractivity contribution in [1.82, 2.24) is 15.5 Å². The van der Waals surface area contributed by atoms with Gasteiger partial charge in [-0.2, -0.15) is 0 Å². The lowest BCUT2D eigenvalue weighted by atomic mass is 9.94. The van der Waals surface area contributed by atoms with Crippen LogP contribution in [0.15, 0.2) is 30.3 Å². The highest BCUT2D eigenvalue weighted by Gasteiger charge is 2.32. The second-order valence-corrected chi connectivity index (χ2v) is 9.06. The normalized spacial score (nSPS) is 16.6. The van der Waals surface area contributed by atoms with Gasteiger partial charge in [0.15, 0.2) is 0 Å². The molecular weight excluding hydrogens is 414 g/mol. The number of carboxylic acid groups (broad SMARTS) is 1. The van der Waals surface area contributed by atoms with Crippen LogP contribution in [0.1, 0.15) is 46.1 Å². The fourth-order valence-electron chi connectivity index (χ4n) is 3.52. The van der Waals surface area contributed by atoms with Gasteiger partial charge in [-0.15, -0.1) is 0 Å². The van der Waals surface area contributed by atoms with E-state index in [4.69, 9.17) is 4.74 Å². The second-order valence-electron chi connectivity index (χ2n) is 9.06. The molecule has 1 aliphatic heterocycles. The predicted octanol–water partition coefficient (Wildman–Crippen LogP) is 1.95. The molecule has 3 amide bonds. The third-order valence-electron chi connectivity index (χ3n) is 5.18. The topological polar surface area (TPSA) is 125 Å². The molecule has 9 heteroatoms. The molecule has 0 aliphatic carbocycles. The van der Waals surface area contributed by atoms with Crippen molar-refractivity contribution in [2.75, 3.05) is 13.1 Å². The van der Waals surface area contributed by atoms with Crippen LogP contribution < -0.4 is 10.6 Å². The molecule has 0 aromatic heterocycles. The van der Waals surface area contributed by atoms with Crippen LogP contribution in [0.2, 0.25) is 0 Å². The largest absolute Gasteiger partial charge is 0.480 e. The number of rotatable bonds is 7. The van der Waals surface area contributed by atoms with Gasteiger partial charge < -0.3 is 25.4 Å². The Bertz CT molecular complexity index is 813. The molecular formula is C23H33N3O6. The van der Waals surface area contributed by atoms with Gasteiger partial charge in [-0.25, -0.2) is 9.59 Å². The van der Waals surface area contributed by atoms with E-state index in [2.05, 4.69) is 10.6 Å². The molecule has 3 N–H and O–H groups in total. The van der Waals surface area contributed by atoms with Crippen LogP contribution in [-0.4, -0.2) is 64.7 Å². The molecule has 1 aromatic rings. The van der Waals surface area contributed by atoms with Gasteiger partial charge in [-0.05, 0) is 46.1 Å². The number of likely N-dealkylation sites (tertiary alicyclic amines) is 1. The van der Waals surface area contributed by atoms with E-state index in [9.17, 15) is 24.3 Å². The zero-order valence-corrected chi connectivity index (χ0v) is 19.1. The first-order chi connectivity index (χ1) is 15.0. The molecule has 1 aromatic carbocycles. The average Bonchev–Trinajstić information content (AvgIpc) is 2.72. The van der Waals surface area contributed by atoms with Gasteiger partial charge in [-0.3, -0.25) is 9.59 Å². The molecule has 0 bridgehead atoms. The maximum atomic E-state index is 12.6. The van der Waals surface area contributed by atoms with E-state index in [1.54, 1.807) is 32.6 Å². The number of amides is 3. The van der Waals surface area contributed by atoms with Gasteiger partial charge in [0.1, 0.15) is 17.7 Å². The molecule has 1 fully saturated rings. The summed E-state index contributed by atoms with van der Waals surface area (Å²) in [6.45, 7) is 7.52. The summed E-state index contributed by atoms with van der Waals surface area (Å²) < 4.78 is 5.17. The monoisotopic (exact) mass is 447 g/mol. The molecule has 2 unspecified atom stereocenters. The Balaban J connectivity index is 1.84. The van der Waals surface area contributed by atoms with Gasteiger partial charge in [0.05, 0.1) is 0 Å². The third-order valence-corrected chi connectivity index (χ3v) is 5.18. The minimum absolute atomic E-state index is 0.201. The maximum Gasteiger partial charge on any atom is 0.408 e. The number of nitrogens with zero attached hydrogens (tertiary/aromatic N) is 1. The maximum absolute atomic E-state index is 12.6. The summed E-state index contributed by atoms with van der Waals surface area (Å²) in [5.41, 5.74) is 0.166. The Morgan fingerprint density at radius 3 is 2.22 bits per heavy atom. The molecule has 0 spiro atoms. The van der Waals surface area contributed by atoms with Gasteiger partial charge >= 0.3 is 12.1 Å². The number of hydrogen-bond donors (Lipinski definition) is 3. The SMILES string of the molecule is CC(NC(=O)OC(C)(C)C)C(=O)N1CCC(C(=O)NC(Cc2ccccc2)C(=O)O)CC1.